The van der Waals surface area contributed by atoms with Crippen LogP contribution in [0.5, 0.6) is 0 Å². The maximum absolute atomic E-state index is 13.3. The van der Waals surface area contributed by atoms with Crippen LogP contribution in [0.3, 0.4) is 0 Å². The molecule has 1 aromatic rings. The van der Waals surface area contributed by atoms with Crippen molar-refractivity contribution in [2.24, 2.45) is 23.0 Å². The van der Waals surface area contributed by atoms with Crippen molar-refractivity contribution < 1.29 is 38.7 Å². The van der Waals surface area contributed by atoms with Gasteiger partial charge in [0.15, 0.2) is 0 Å². The first-order valence-electron chi connectivity index (χ1n) is 14.7. The lowest BCUT2D eigenvalue weighted by molar-refractivity contribution is -0.154. The molecule has 8 atom stereocenters. The number of nitrogens with zero attached hydrogens (tertiary/aromatic N) is 1. The zero-order valence-electron chi connectivity index (χ0n) is 25.5. The summed E-state index contributed by atoms with van der Waals surface area (Å²) in [5.41, 5.74) is 5.11. The molecular formula is C29H48N3O8PS. The highest BCUT2D eigenvalue weighted by Gasteiger charge is 2.53. The van der Waals surface area contributed by atoms with Gasteiger partial charge in [0.2, 0.25) is 0 Å². The number of ether oxygens (including phenoxy) is 2. The number of rotatable bonds is 7. The molecule has 2 unspecified atom stereocenters. The number of epoxide rings is 1. The van der Waals surface area contributed by atoms with E-state index in [1.807, 2.05) is 32.2 Å². The molecule has 3 rings (SSSR count). The highest BCUT2D eigenvalue weighted by Crippen LogP contribution is 2.45. The van der Waals surface area contributed by atoms with Crippen LogP contribution < -0.4 is 10.8 Å². The third kappa shape index (κ3) is 9.01. The third-order valence-electron chi connectivity index (χ3n) is 8.77. The number of thiazole rings is 1. The molecule has 0 radical (unpaired) electrons. The van der Waals surface area contributed by atoms with E-state index < -0.39 is 43.1 Å². The van der Waals surface area contributed by atoms with Crippen molar-refractivity contribution in [2.75, 3.05) is 12.7 Å². The number of aliphatic hydroxyl groups excluding tert-OH is 2. The maximum Gasteiger partial charge on any atom is 0.309 e. The highest BCUT2D eigenvalue weighted by atomic mass is 32.1. The molecule has 1 aromatic heterocycles. The van der Waals surface area contributed by atoms with E-state index in [0.717, 1.165) is 24.8 Å². The zero-order chi connectivity index (χ0) is 31.5. The van der Waals surface area contributed by atoms with E-state index in [-0.39, 0.29) is 49.1 Å². The zero-order valence-corrected chi connectivity index (χ0v) is 27.2. The number of carbonyl (C=O) groups is 2. The summed E-state index contributed by atoms with van der Waals surface area (Å²) in [6.07, 6.45) is 1.20. The fourth-order valence-corrected chi connectivity index (χ4v) is 7.24. The quantitative estimate of drug-likeness (QED) is 0.169. The molecule has 0 bridgehead atoms. The van der Waals surface area contributed by atoms with Crippen molar-refractivity contribution in [1.29, 1.82) is 0 Å². The predicted octanol–water partition coefficient (Wildman–Crippen LogP) is 3.40. The molecule has 0 spiro atoms. The summed E-state index contributed by atoms with van der Waals surface area (Å²) in [4.78, 5) is 40.8. The number of ketones is 1. The molecule has 6 N–H and O–H groups in total. The van der Waals surface area contributed by atoms with E-state index in [1.165, 1.54) is 11.3 Å². The van der Waals surface area contributed by atoms with Crippen LogP contribution >= 0.6 is 18.9 Å². The Balaban J connectivity index is 1.80. The molecule has 42 heavy (non-hydrogen) atoms. The smallest absolute Gasteiger partial charge is 0.309 e. The summed E-state index contributed by atoms with van der Waals surface area (Å²) in [6.45, 7) is 10.9. The van der Waals surface area contributed by atoms with Crippen LogP contribution in [0.4, 0.5) is 0 Å². The molecule has 2 saturated heterocycles. The van der Waals surface area contributed by atoms with Gasteiger partial charge in [0.1, 0.15) is 16.9 Å². The van der Waals surface area contributed by atoms with Gasteiger partial charge in [0, 0.05) is 24.3 Å². The van der Waals surface area contributed by atoms with Gasteiger partial charge in [-0.15, -0.1) is 11.3 Å². The van der Waals surface area contributed by atoms with Crippen LogP contribution in [0.25, 0.3) is 6.08 Å². The minimum Gasteiger partial charge on any atom is -0.458 e. The Morgan fingerprint density at radius 3 is 2.64 bits per heavy atom. The van der Waals surface area contributed by atoms with Gasteiger partial charge in [0.05, 0.1) is 54.1 Å². The number of Topliss-reactive ketones (excluding diaryl/α,β-unsaturated/α-hetero) is 1. The van der Waals surface area contributed by atoms with Crippen LogP contribution in [0.1, 0.15) is 84.3 Å². The summed E-state index contributed by atoms with van der Waals surface area (Å²) < 4.78 is 24.0. The van der Waals surface area contributed by atoms with Crippen molar-refractivity contribution in [3.63, 3.8) is 0 Å². The van der Waals surface area contributed by atoms with Crippen molar-refractivity contribution in [2.45, 2.75) is 110 Å². The second-order valence-corrected chi connectivity index (χ2v) is 15.8. The number of fused-ring (bicyclic) bond motifs is 1. The standard InChI is InChI=1S/C29H48N3O8PS/c1-17-8-7-9-29(6)23(40-29)13-21(39-25(34)14-22(33)28(4,5)27(36)19(3)26(17)35)18(2)12-20-16-42-24(32-20)15-31-41(37,38)11-10-30/h12,16-17,19,21-23,26,33,35H,7-11,13-15,30H2,1-6H3,(H2,31,37,38)/b18-12+/t17-,19+,21?,22-,23-,26-,29+/m1/s1. The van der Waals surface area contributed by atoms with Crippen LogP contribution in [-0.4, -0.2) is 74.6 Å². The van der Waals surface area contributed by atoms with E-state index in [0.29, 0.717) is 17.1 Å². The monoisotopic (exact) mass is 629 g/mol. The number of carbonyl (C=O) groups excluding carboxylic acids is 2. The summed E-state index contributed by atoms with van der Waals surface area (Å²) in [6, 6.07) is 0. The molecule has 3 heterocycles. The van der Waals surface area contributed by atoms with Gasteiger partial charge in [-0.25, -0.2) is 10.1 Å². The molecule has 238 valence electrons. The summed E-state index contributed by atoms with van der Waals surface area (Å²) in [7, 11) is -3.53. The molecular weight excluding hydrogens is 581 g/mol. The second-order valence-electron chi connectivity index (χ2n) is 12.7. The first-order chi connectivity index (χ1) is 19.5. The van der Waals surface area contributed by atoms with Crippen LogP contribution in [0.15, 0.2) is 11.0 Å². The molecule has 0 aromatic carbocycles. The summed E-state index contributed by atoms with van der Waals surface area (Å²) in [5, 5.41) is 26.9. The number of nitrogens with two attached hydrogens (primary N) is 1. The number of esters is 1. The molecule has 11 nitrogen and oxygen atoms in total. The largest absolute Gasteiger partial charge is 0.458 e. The topological polar surface area (TPSA) is 185 Å². The predicted molar refractivity (Wildman–Crippen MR) is 162 cm³/mol. The average molecular weight is 630 g/mol. The normalized spacial score (nSPS) is 34.8. The summed E-state index contributed by atoms with van der Waals surface area (Å²) in [5.74, 6) is -1.75. The molecule has 2 aliphatic heterocycles. The van der Waals surface area contributed by atoms with Gasteiger partial charge in [-0.2, -0.15) is 0 Å². The third-order valence-corrected chi connectivity index (χ3v) is 11.2. The highest BCUT2D eigenvalue weighted by molar-refractivity contribution is 7.55. The first kappa shape index (κ1) is 35.0. The SMILES string of the molecule is C/C(=C\c1csc(CNP(=O)(O)CCN)n1)C1C[C@H]2O[C@@]2(C)CCC[C@@H](C)[C@@H](O)[C@H](C)C(=O)C(C)(C)[C@H](O)CC(=O)O1. The Morgan fingerprint density at radius 2 is 1.98 bits per heavy atom. The molecule has 0 saturated carbocycles. The van der Waals surface area contributed by atoms with Crippen LogP contribution in [-0.2, 0) is 30.2 Å². The fraction of sp³-hybridized carbons (Fsp3) is 0.759. The molecule has 2 aliphatic rings. The average Bonchev–Trinajstić information content (AvgIpc) is 3.31. The van der Waals surface area contributed by atoms with E-state index in [1.54, 1.807) is 20.8 Å². The van der Waals surface area contributed by atoms with Crippen molar-refractivity contribution in [1.82, 2.24) is 10.1 Å². The number of aromatic nitrogens is 1. The Morgan fingerprint density at radius 1 is 1.29 bits per heavy atom. The Labute approximate surface area is 252 Å². The first-order valence-corrected chi connectivity index (χ1v) is 17.4. The molecule has 0 amide bonds. The lowest BCUT2D eigenvalue weighted by Gasteiger charge is -2.34. The van der Waals surface area contributed by atoms with Crippen molar-refractivity contribution >= 4 is 36.7 Å². The number of aliphatic hydroxyl groups is 2. The Kier molecular flexibility index (Phi) is 11.7. The second kappa shape index (κ2) is 14.1. The lowest BCUT2D eigenvalue weighted by atomic mass is 9.73. The maximum atomic E-state index is 13.3. The van der Waals surface area contributed by atoms with Gasteiger partial charge in [-0.05, 0) is 44.3 Å². The van der Waals surface area contributed by atoms with Crippen molar-refractivity contribution in [3.05, 3.63) is 21.7 Å². The Bertz CT molecular complexity index is 1190. The van der Waals surface area contributed by atoms with E-state index in [9.17, 15) is 29.3 Å². The van der Waals surface area contributed by atoms with Gasteiger partial charge in [-0.1, -0.05) is 34.1 Å². The van der Waals surface area contributed by atoms with Gasteiger partial charge >= 0.3 is 5.97 Å². The van der Waals surface area contributed by atoms with Gasteiger partial charge < -0.3 is 30.3 Å². The van der Waals surface area contributed by atoms with E-state index >= 15 is 0 Å². The molecule has 2 fully saturated rings. The van der Waals surface area contributed by atoms with E-state index in [2.05, 4.69) is 10.1 Å². The van der Waals surface area contributed by atoms with Crippen LogP contribution in [0.2, 0.25) is 0 Å². The van der Waals surface area contributed by atoms with Crippen LogP contribution in [0, 0.1) is 17.3 Å². The fourth-order valence-electron chi connectivity index (χ4n) is 5.54. The Hall–Kier alpha value is -1.50. The van der Waals surface area contributed by atoms with Gasteiger partial charge in [-0.3, -0.25) is 14.2 Å². The van der Waals surface area contributed by atoms with E-state index in [4.69, 9.17) is 15.2 Å². The minimum absolute atomic E-state index is 0.0283. The van der Waals surface area contributed by atoms with Crippen molar-refractivity contribution in [3.8, 4) is 0 Å². The number of hydrogen-bond acceptors (Lipinski definition) is 10. The van der Waals surface area contributed by atoms with Gasteiger partial charge in [0.25, 0.3) is 7.52 Å². The molecule has 13 heteroatoms. The number of cyclic esters (lactones) is 1. The lowest BCUT2D eigenvalue weighted by Crippen LogP contribution is -2.45. The minimum atomic E-state index is -3.53. The number of hydrogen-bond donors (Lipinski definition) is 5. The summed E-state index contributed by atoms with van der Waals surface area (Å²) >= 11 is 1.34. The number of nitrogens with one attached hydrogen (secondary N) is 1. The molecule has 0 aliphatic carbocycles.